The van der Waals surface area contributed by atoms with Crippen LogP contribution in [-0.2, 0) is 17.9 Å². The minimum atomic E-state index is -0.146. The number of anilines is 1. The number of benzene rings is 2. The Labute approximate surface area is 161 Å². The van der Waals surface area contributed by atoms with E-state index in [0.717, 1.165) is 16.7 Å². The molecule has 0 unspecified atom stereocenters. The molecule has 0 aliphatic heterocycles. The third-order valence-corrected chi connectivity index (χ3v) is 4.76. The van der Waals surface area contributed by atoms with Gasteiger partial charge in [-0.3, -0.25) is 13.9 Å². The fourth-order valence-electron chi connectivity index (χ4n) is 3.43. The summed E-state index contributed by atoms with van der Waals surface area (Å²) >= 11 is 0. The monoisotopic (exact) mass is 375 g/mol. The number of amides is 1. The van der Waals surface area contributed by atoms with E-state index in [1.165, 1.54) is 0 Å². The SMILES string of the molecule is CCn1c(=O)n(CCC(=O)Nc2ccccc2-n2ccnc2)c2ccccc21. The molecular weight excluding hydrogens is 354 g/mol. The van der Waals surface area contributed by atoms with Crippen LogP contribution in [0.3, 0.4) is 0 Å². The third-order valence-electron chi connectivity index (χ3n) is 4.76. The normalized spacial score (nSPS) is 11.0. The lowest BCUT2D eigenvalue weighted by Gasteiger charge is -2.11. The molecule has 0 saturated carbocycles. The van der Waals surface area contributed by atoms with Crippen molar-refractivity contribution < 1.29 is 4.79 Å². The van der Waals surface area contributed by atoms with E-state index in [9.17, 15) is 9.59 Å². The van der Waals surface area contributed by atoms with E-state index < -0.39 is 0 Å². The Morgan fingerprint density at radius 3 is 2.46 bits per heavy atom. The molecule has 0 spiro atoms. The van der Waals surface area contributed by atoms with Gasteiger partial charge in [-0.05, 0) is 31.2 Å². The van der Waals surface area contributed by atoms with E-state index in [4.69, 9.17) is 0 Å². The van der Waals surface area contributed by atoms with Crippen LogP contribution in [0.15, 0.2) is 72.0 Å². The number of imidazole rings is 2. The van der Waals surface area contributed by atoms with Gasteiger partial charge >= 0.3 is 5.69 Å². The van der Waals surface area contributed by atoms with E-state index in [1.807, 2.05) is 66.2 Å². The number of carbonyl (C=O) groups is 1. The van der Waals surface area contributed by atoms with Crippen LogP contribution in [0.25, 0.3) is 16.7 Å². The Morgan fingerprint density at radius 1 is 1.04 bits per heavy atom. The fraction of sp³-hybridized carbons (Fsp3) is 0.190. The van der Waals surface area contributed by atoms with Gasteiger partial charge in [0.1, 0.15) is 0 Å². The molecule has 0 radical (unpaired) electrons. The van der Waals surface area contributed by atoms with Crippen molar-refractivity contribution in [3.63, 3.8) is 0 Å². The van der Waals surface area contributed by atoms with Crippen molar-refractivity contribution in [1.82, 2.24) is 18.7 Å². The molecule has 0 fully saturated rings. The molecule has 4 rings (SSSR count). The summed E-state index contributed by atoms with van der Waals surface area (Å²) in [5.41, 5.74) is 3.19. The zero-order valence-corrected chi connectivity index (χ0v) is 15.6. The van der Waals surface area contributed by atoms with Crippen LogP contribution in [0.2, 0.25) is 0 Å². The van der Waals surface area contributed by atoms with Crippen molar-refractivity contribution in [2.24, 2.45) is 0 Å². The lowest BCUT2D eigenvalue weighted by atomic mass is 10.2. The summed E-state index contributed by atoms with van der Waals surface area (Å²) in [6.45, 7) is 2.86. The second-order valence-electron chi connectivity index (χ2n) is 6.45. The Kier molecular flexibility index (Phi) is 4.80. The van der Waals surface area contributed by atoms with E-state index >= 15 is 0 Å². The number of nitrogens with one attached hydrogen (secondary N) is 1. The predicted octanol–water partition coefficient (Wildman–Crippen LogP) is 3.04. The second kappa shape index (κ2) is 7.56. The highest BCUT2D eigenvalue weighted by Gasteiger charge is 2.13. The van der Waals surface area contributed by atoms with Crippen LogP contribution in [0, 0.1) is 0 Å². The van der Waals surface area contributed by atoms with Crippen molar-refractivity contribution in [3.05, 3.63) is 77.7 Å². The number of carbonyl (C=O) groups excluding carboxylic acids is 1. The first-order valence-electron chi connectivity index (χ1n) is 9.24. The van der Waals surface area contributed by atoms with Gasteiger partial charge in [-0.25, -0.2) is 9.78 Å². The number of aromatic nitrogens is 4. The standard InChI is InChI=1S/C21H21N5O2/c1-2-25-18-9-5-6-10-19(18)26(21(25)28)13-11-20(27)23-16-7-3-4-8-17(16)24-14-12-22-15-24/h3-10,12,14-15H,2,11,13H2,1H3,(H,23,27). The van der Waals surface area contributed by atoms with Crippen LogP contribution < -0.4 is 11.0 Å². The van der Waals surface area contributed by atoms with Crippen LogP contribution >= 0.6 is 0 Å². The smallest absolute Gasteiger partial charge is 0.324 e. The van der Waals surface area contributed by atoms with E-state index in [0.29, 0.717) is 18.8 Å². The maximum atomic E-state index is 12.7. The minimum absolute atomic E-state index is 0.0877. The summed E-state index contributed by atoms with van der Waals surface area (Å²) in [7, 11) is 0. The lowest BCUT2D eigenvalue weighted by molar-refractivity contribution is -0.116. The summed E-state index contributed by atoms with van der Waals surface area (Å²) in [6.07, 6.45) is 5.40. The van der Waals surface area contributed by atoms with Gasteiger partial charge < -0.3 is 9.88 Å². The van der Waals surface area contributed by atoms with E-state index in [1.54, 1.807) is 21.7 Å². The molecule has 0 aliphatic rings. The Morgan fingerprint density at radius 2 is 1.75 bits per heavy atom. The molecule has 7 heteroatoms. The van der Waals surface area contributed by atoms with Crippen LogP contribution in [0.5, 0.6) is 0 Å². The van der Waals surface area contributed by atoms with Gasteiger partial charge in [0.15, 0.2) is 0 Å². The number of aryl methyl sites for hydroxylation is 2. The van der Waals surface area contributed by atoms with Gasteiger partial charge in [0.2, 0.25) is 5.91 Å². The van der Waals surface area contributed by atoms with Gasteiger partial charge in [-0.15, -0.1) is 0 Å². The molecule has 1 amide bonds. The number of hydrogen-bond donors (Lipinski definition) is 1. The molecular formula is C21H21N5O2. The number of hydrogen-bond acceptors (Lipinski definition) is 3. The van der Waals surface area contributed by atoms with Crippen molar-refractivity contribution in [1.29, 1.82) is 0 Å². The summed E-state index contributed by atoms with van der Waals surface area (Å²) in [6, 6.07) is 15.2. The predicted molar refractivity (Wildman–Crippen MR) is 109 cm³/mol. The van der Waals surface area contributed by atoms with Crippen LogP contribution in [0.1, 0.15) is 13.3 Å². The highest BCUT2D eigenvalue weighted by Crippen LogP contribution is 2.20. The van der Waals surface area contributed by atoms with E-state index in [-0.39, 0.29) is 18.0 Å². The highest BCUT2D eigenvalue weighted by atomic mass is 16.2. The molecule has 142 valence electrons. The molecule has 1 N–H and O–H groups in total. The number of nitrogens with zero attached hydrogens (tertiary/aromatic N) is 4. The number of para-hydroxylation sites is 4. The van der Waals surface area contributed by atoms with Gasteiger partial charge in [-0.2, -0.15) is 0 Å². The fourth-order valence-corrected chi connectivity index (χ4v) is 3.43. The average Bonchev–Trinajstić information content (AvgIpc) is 3.33. The molecule has 0 atom stereocenters. The minimum Gasteiger partial charge on any atom is -0.324 e. The summed E-state index contributed by atoms with van der Waals surface area (Å²) in [4.78, 5) is 29.3. The van der Waals surface area contributed by atoms with Crippen molar-refractivity contribution in [2.75, 3.05) is 5.32 Å². The average molecular weight is 375 g/mol. The first-order chi connectivity index (χ1) is 13.7. The molecule has 2 heterocycles. The maximum absolute atomic E-state index is 12.7. The molecule has 0 saturated heterocycles. The first kappa shape index (κ1) is 17.8. The Bertz CT molecular complexity index is 1170. The van der Waals surface area contributed by atoms with Gasteiger partial charge in [0.25, 0.3) is 0 Å². The molecule has 0 bridgehead atoms. The lowest BCUT2D eigenvalue weighted by Crippen LogP contribution is -2.25. The molecule has 2 aromatic heterocycles. The first-order valence-corrected chi connectivity index (χ1v) is 9.24. The van der Waals surface area contributed by atoms with Crippen LogP contribution in [-0.4, -0.2) is 24.6 Å². The molecule has 4 aromatic rings. The maximum Gasteiger partial charge on any atom is 0.329 e. The third kappa shape index (κ3) is 3.22. The van der Waals surface area contributed by atoms with E-state index in [2.05, 4.69) is 10.3 Å². The zero-order valence-electron chi connectivity index (χ0n) is 15.6. The number of rotatable bonds is 6. The molecule has 2 aromatic carbocycles. The van der Waals surface area contributed by atoms with Gasteiger partial charge in [0, 0.05) is 31.9 Å². The van der Waals surface area contributed by atoms with Gasteiger partial charge in [-0.1, -0.05) is 24.3 Å². The summed E-state index contributed by atoms with van der Waals surface area (Å²) in [5, 5.41) is 2.95. The molecule has 7 nitrogen and oxygen atoms in total. The summed E-state index contributed by atoms with van der Waals surface area (Å²) < 4.78 is 5.23. The molecule has 0 aliphatic carbocycles. The van der Waals surface area contributed by atoms with Crippen LogP contribution in [0.4, 0.5) is 5.69 Å². The largest absolute Gasteiger partial charge is 0.329 e. The summed E-state index contributed by atoms with van der Waals surface area (Å²) in [5.74, 6) is -0.146. The Hall–Kier alpha value is -3.61. The molecule has 28 heavy (non-hydrogen) atoms. The zero-order chi connectivity index (χ0) is 19.5. The topological polar surface area (TPSA) is 73.8 Å². The van der Waals surface area contributed by atoms with Gasteiger partial charge in [0.05, 0.1) is 28.7 Å². The van der Waals surface area contributed by atoms with Crippen molar-refractivity contribution >= 4 is 22.6 Å². The number of fused-ring (bicyclic) bond motifs is 1. The highest BCUT2D eigenvalue weighted by molar-refractivity contribution is 5.92. The second-order valence-corrected chi connectivity index (χ2v) is 6.45. The van der Waals surface area contributed by atoms with Crippen molar-refractivity contribution in [2.45, 2.75) is 26.4 Å². The van der Waals surface area contributed by atoms with Crippen molar-refractivity contribution in [3.8, 4) is 5.69 Å². The quantitative estimate of drug-likeness (QED) is 0.563. The Balaban J connectivity index is 1.53.